The number of hydrogen-bond donors (Lipinski definition) is 1. The number of hydrogen-bond acceptors (Lipinski definition) is 2. The first-order chi connectivity index (χ1) is 6.66. The van der Waals surface area contributed by atoms with Crippen molar-refractivity contribution in [1.29, 1.82) is 0 Å². The largest absolute Gasteiger partial charge is 0.308 e. The third kappa shape index (κ3) is 1.65. The highest BCUT2D eigenvalue weighted by Crippen LogP contribution is 2.21. The standard InChI is InChI=1S/C9H9ClN2O2/c10-6-4-9(14)12(5-6)7-2-1-3-8(13)11-7/h1-3,6H,4-5H2,(H,11,13). The molecule has 4 nitrogen and oxygen atoms in total. The zero-order valence-electron chi connectivity index (χ0n) is 7.37. The first-order valence-electron chi connectivity index (χ1n) is 4.30. The molecule has 0 aromatic carbocycles. The Balaban J connectivity index is 2.32. The van der Waals surface area contributed by atoms with E-state index >= 15 is 0 Å². The predicted molar refractivity (Wildman–Crippen MR) is 53.7 cm³/mol. The highest BCUT2D eigenvalue weighted by Gasteiger charge is 2.29. The predicted octanol–water partition coefficient (Wildman–Crippen LogP) is 0.719. The summed E-state index contributed by atoms with van der Waals surface area (Å²) in [6, 6.07) is 4.71. The number of carbonyl (C=O) groups excluding carboxylic acids is 1. The number of halogens is 1. The van der Waals surface area contributed by atoms with Crippen LogP contribution in [0, 0.1) is 0 Å². The van der Waals surface area contributed by atoms with Crippen LogP contribution in [0.25, 0.3) is 0 Å². The van der Waals surface area contributed by atoms with Crippen LogP contribution in [0.4, 0.5) is 5.82 Å². The van der Waals surface area contributed by atoms with Gasteiger partial charge in [0.2, 0.25) is 11.5 Å². The van der Waals surface area contributed by atoms with Crippen LogP contribution < -0.4 is 10.5 Å². The number of amides is 1. The van der Waals surface area contributed by atoms with Gasteiger partial charge in [-0.15, -0.1) is 11.6 Å². The van der Waals surface area contributed by atoms with Crippen LogP contribution in [-0.4, -0.2) is 22.8 Å². The summed E-state index contributed by atoms with van der Waals surface area (Å²) in [5.74, 6) is 0.470. The van der Waals surface area contributed by atoms with Crippen LogP contribution in [0.1, 0.15) is 6.42 Å². The topological polar surface area (TPSA) is 53.2 Å². The third-order valence-corrected chi connectivity index (χ3v) is 2.41. The van der Waals surface area contributed by atoms with Gasteiger partial charge in [0, 0.05) is 19.0 Å². The van der Waals surface area contributed by atoms with E-state index < -0.39 is 0 Å². The molecule has 2 heterocycles. The van der Waals surface area contributed by atoms with Gasteiger partial charge in [0.05, 0.1) is 5.38 Å². The summed E-state index contributed by atoms with van der Waals surface area (Å²) in [6.45, 7) is 0.459. The van der Waals surface area contributed by atoms with Crippen molar-refractivity contribution >= 4 is 23.3 Å². The molecular formula is C9H9ClN2O2. The van der Waals surface area contributed by atoms with Crippen molar-refractivity contribution in [3.05, 3.63) is 28.6 Å². The van der Waals surface area contributed by atoms with Crippen molar-refractivity contribution in [3.8, 4) is 0 Å². The number of pyridine rings is 1. The number of anilines is 1. The molecule has 1 unspecified atom stereocenters. The summed E-state index contributed by atoms with van der Waals surface area (Å²) in [5.41, 5.74) is -0.215. The lowest BCUT2D eigenvalue weighted by Crippen LogP contribution is -2.27. The summed E-state index contributed by atoms with van der Waals surface area (Å²) in [4.78, 5) is 26.5. The number of nitrogens with zero attached hydrogens (tertiary/aromatic N) is 1. The Morgan fingerprint density at radius 2 is 2.21 bits per heavy atom. The SMILES string of the molecule is O=C1CC(Cl)CN1c1cccc(=O)[nH]1. The second-order valence-corrected chi connectivity index (χ2v) is 3.82. The highest BCUT2D eigenvalue weighted by atomic mass is 35.5. The lowest BCUT2D eigenvalue weighted by molar-refractivity contribution is -0.117. The van der Waals surface area contributed by atoms with E-state index in [0.29, 0.717) is 18.8 Å². The molecular weight excluding hydrogens is 204 g/mol. The average molecular weight is 213 g/mol. The molecule has 0 bridgehead atoms. The Morgan fingerprint density at radius 3 is 2.79 bits per heavy atom. The van der Waals surface area contributed by atoms with Gasteiger partial charge in [-0.3, -0.25) is 14.5 Å². The number of H-pyrrole nitrogens is 1. The maximum absolute atomic E-state index is 11.4. The van der Waals surface area contributed by atoms with Gasteiger partial charge in [0.1, 0.15) is 5.82 Å². The van der Waals surface area contributed by atoms with Crippen molar-refractivity contribution in [1.82, 2.24) is 4.98 Å². The van der Waals surface area contributed by atoms with Gasteiger partial charge < -0.3 is 4.98 Å². The fourth-order valence-corrected chi connectivity index (χ4v) is 1.76. The number of aromatic nitrogens is 1. The van der Waals surface area contributed by atoms with E-state index in [-0.39, 0.29) is 16.8 Å². The maximum Gasteiger partial charge on any atom is 0.249 e. The van der Waals surface area contributed by atoms with Crippen LogP contribution in [0.5, 0.6) is 0 Å². The molecule has 1 aliphatic heterocycles. The van der Waals surface area contributed by atoms with Crippen molar-refractivity contribution in [3.63, 3.8) is 0 Å². The van der Waals surface area contributed by atoms with Crippen LogP contribution in [-0.2, 0) is 4.79 Å². The van der Waals surface area contributed by atoms with Gasteiger partial charge in [-0.25, -0.2) is 0 Å². The van der Waals surface area contributed by atoms with Crippen LogP contribution in [0.15, 0.2) is 23.0 Å². The smallest absolute Gasteiger partial charge is 0.249 e. The minimum Gasteiger partial charge on any atom is -0.308 e. The van der Waals surface area contributed by atoms with Gasteiger partial charge in [-0.1, -0.05) is 6.07 Å². The van der Waals surface area contributed by atoms with Crippen LogP contribution in [0.3, 0.4) is 0 Å². The van der Waals surface area contributed by atoms with E-state index in [1.807, 2.05) is 0 Å². The molecule has 1 atom stereocenters. The lowest BCUT2D eigenvalue weighted by atomic mass is 10.4. The fraction of sp³-hybridized carbons (Fsp3) is 0.333. The van der Waals surface area contributed by atoms with E-state index in [0.717, 1.165) is 0 Å². The lowest BCUT2D eigenvalue weighted by Gasteiger charge is -2.14. The number of alkyl halides is 1. The average Bonchev–Trinajstić information content (AvgIpc) is 2.45. The van der Waals surface area contributed by atoms with E-state index in [9.17, 15) is 9.59 Å². The molecule has 1 fully saturated rings. The van der Waals surface area contributed by atoms with E-state index in [2.05, 4.69) is 4.98 Å². The monoisotopic (exact) mass is 212 g/mol. The molecule has 74 valence electrons. The molecule has 1 aromatic rings. The fourth-order valence-electron chi connectivity index (χ4n) is 1.49. The summed E-state index contributed by atoms with van der Waals surface area (Å²) in [7, 11) is 0. The normalized spacial score (nSPS) is 21.6. The molecule has 0 radical (unpaired) electrons. The van der Waals surface area contributed by atoms with Crippen LogP contribution in [0.2, 0.25) is 0 Å². The summed E-state index contributed by atoms with van der Waals surface area (Å²) in [5, 5.41) is -0.161. The van der Waals surface area contributed by atoms with E-state index in [1.165, 1.54) is 11.0 Å². The number of aromatic amines is 1. The van der Waals surface area contributed by atoms with Gasteiger partial charge in [-0.05, 0) is 6.07 Å². The minimum absolute atomic E-state index is 0.0492. The minimum atomic E-state index is -0.215. The molecule has 1 aliphatic rings. The van der Waals surface area contributed by atoms with Crippen molar-refractivity contribution in [2.24, 2.45) is 0 Å². The zero-order valence-corrected chi connectivity index (χ0v) is 8.12. The van der Waals surface area contributed by atoms with Crippen molar-refractivity contribution in [2.45, 2.75) is 11.8 Å². The van der Waals surface area contributed by atoms with Gasteiger partial charge >= 0.3 is 0 Å². The Bertz CT molecular complexity index is 415. The summed E-state index contributed by atoms with van der Waals surface area (Å²) >= 11 is 5.84. The molecule has 1 N–H and O–H groups in total. The Labute approximate surface area is 85.5 Å². The molecule has 0 saturated carbocycles. The van der Waals surface area contributed by atoms with Gasteiger partial charge in [-0.2, -0.15) is 0 Å². The Hall–Kier alpha value is -1.29. The molecule has 0 aliphatic carbocycles. The number of rotatable bonds is 1. The quantitative estimate of drug-likeness (QED) is 0.698. The van der Waals surface area contributed by atoms with Crippen molar-refractivity contribution < 1.29 is 4.79 Å². The first-order valence-corrected chi connectivity index (χ1v) is 4.74. The first kappa shape index (κ1) is 9.27. The van der Waals surface area contributed by atoms with Gasteiger partial charge in [0.15, 0.2) is 0 Å². The number of nitrogens with one attached hydrogen (secondary N) is 1. The highest BCUT2D eigenvalue weighted by molar-refractivity contribution is 6.24. The maximum atomic E-state index is 11.4. The molecule has 1 amide bonds. The van der Waals surface area contributed by atoms with E-state index in [4.69, 9.17) is 11.6 Å². The number of carbonyl (C=O) groups is 1. The van der Waals surface area contributed by atoms with Crippen LogP contribution >= 0.6 is 11.6 Å². The zero-order chi connectivity index (χ0) is 10.1. The Morgan fingerprint density at radius 1 is 1.43 bits per heavy atom. The summed E-state index contributed by atoms with van der Waals surface area (Å²) < 4.78 is 0. The Kier molecular flexibility index (Phi) is 2.29. The second kappa shape index (κ2) is 3.46. The molecule has 14 heavy (non-hydrogen) atoms. The molecule has 1 aromatic heterocycles. The summed E-state index contributed by atoms with van der Waals surface area (Å²) in [6.07, 6.45) is 0.332. The molecule has 0 spiro atoms. The second-order valence-electron chi connectivity index (χ2n) is 3.21. The third-order valence-electron chi connectivity index (χ3n) is 2.12. The van der Waals surface area contributed by atoms with Gasteiger partial charge in [0.25, 0.3) is 0 Å². The molecule has 5 heteroatoms. The molecule has 1 saturated heterocycles. The van der Waals surface area contributed by atoms with Crippen molar-refractivity contribution in [2.75, 3.05) is 11.4 Å². The molecule has 2 rings (SSSR count). The van der Waals surface area contributed by atoms with E-state index in [1.54, 1.807) is 12.1 Å².